The van der Waals surface area contributed by atoms with Gasteiger partial charge in [0.05, 0.1) is 12.1 Å². The number of amides is 12. The summed E-state index contributed by atoms with van der Waals surface area (Å²) in [6.07, 6.45) is 0.119. The van der Waals surface area contributed by atoms with Crippen molar-refractivity contribution in [1.82, 2.24) is 63.0 Å². The van der Waals surface area contributed by atoms with E-state index in [2.05, 4.69) is 53.2 Å². The molecular formula is C78H116Cl4N16O12. The van der Waals surface area contributed by atoms with E-state index in [-0.39, 0.29) is 165 Å². The summed E-state index contributed by atoms with van der Waals surface area (Å²) in [6, 6.07) is 18.0. The average molecular weight is 1610 g/mol. The Kier molecular flexibility index (Phi) is 40.9. The molecule has 0 unspecified atom stereocenters. The highest BCUT2D eigenvalue weighted by Gasteiger charge is 2.47. The summed E-state index contributed by atoms with van der Waals surface area (Å²) in [5, 5.41) is 28.7. The maximum Gasteiger partial charge on any atom is 0.246 e. The van der Waals surface area contributed by atoms with Gasteiger partial charge in [0.2, 0.25) is 70.9 Å². The van der Waals surface area contributed by atoms with Gasteiger partial charge in [-0.05, 0) is 123 Å². The van der Waals surface area contributed by atoms with Crippen LogP contribution in [0.2, 0.25) is 0 Å². The predicted octanol–water partition coefficient (Wildman–Crippen LogP) is 2.24. The van der Waals surface area contributed by atoms with Crippen molar-refractivity contribution < 1.29 is 57.5 Å². The summed E-state index contributed by atoms with van der Waals surface area (Å²) >= 11 is 0. The molecule has 0 aliphatic carbocycles. The van der Waals surface area contributed by atoms with Crippen LogP contribution in [0.15, 0.2) is 121 Å². The lowest BCUT2D eigenvalue weighted by molar-refractivity contribution is -0.143. The smallest absolute Gasteiger partial charge is 0.246 e. The molecule has 14 atom stereocenters. The Morgan fingerprint density at radius 3 is 0.964 bits per heavy atom. The number of hydrogen-bond donors (Lipinski definition) is 14. The molecule has 3 fully saturated rings. The number of fused-ring (bicyclic) bond motifs is 2. The highest BCUT2D eigenvalue weighted by Crippen LogP contribution is 2.26. The van der Waals surface area contributed by atoms with E-state index in [1.807, 2.05) is 88.4 Å². The third-order valence-corrected chi connectivity index (χ3v) is 19.4. The van der Waals surface area contributed by atoms with Crippen molar-refractivity contribution in [2.24, 2.45) is 46.6 Å². The van der Waals surface area contributed by atoms with Crippen LogP contribution in [0.4, 0.5) is 0 Å². The Morgan fingerprint density at radius 2 is 0.673 bits per heavy atom. The number of rotatable bonds is 24. The number of nitrogens with two attached hydrogens (primary N) is 4. The molecule has 4 aromatic rings. The highest BCUT2D eigenvalue weighted by molar-refractivity contribution is 6.00. The summed E-state index contributed by atoms with van der Waals surface area (Å²) in [5.74, 6) is -10.9. The first-order valence-corrected chi connectivity index (χ1v) is 37.3. The van der Waals surface area contributed by atoms with Gasteiger partial charge in [-0.25, -0.2) is 0 Å². The van der Waals surface area contributed by atoms with Crippen molar-refractivity contribution >= 4 is 121 Å². The molecule has 3 aliphatic heterocycles. The monoisotopic (exact) mass is 1610 g/mol. The molecule has 3 aliphatic rings. The van der Waals surface area contributed by atoms with Crippen LogP contribution in [0.3, 0.4) is 0 Å². The molecule has 0 saturated carbocycles. The van der Waals surface area contributed by atoms with Crippen molar-refractivity contribution in [3.8, 4) is 0 Å². The predicted molar refractivity (Wildman–Crippen MR) is 430 cm³/mol. The molecule has 0 aromatic heterocycles. The van der Waals surface area contributed by atoms with Gasteiger partial charge in [0.15, 0.2) is 0 Å². The van der Waals surface area contributed by atoms with Crippen molar-refractivity contribution in [1.29, 1.82) is 0 Å². The zero-order valence-corrected chi connectivity index (χ0v) is 67.3. The molecule has 18 N–H and O–H groups in total. The van der Waals surface area contributed by atoms with Crippen LogP contribution in [0, 0.1) is 23.7 Å². The lowest BCUT2D eigenvalue weighted by atomic mass is 9.98. The first-order chi connectivity index (χ1) is 50.5. The van der Waals surface area contributed by atoms with E-state index in [1.165, 1.54) is 9.80 Å². The Labute approximate surface area is 670 Å². The third-order valence-electron chi connectivity index (χ3n) is 19.4. The molecule has 7 rings (SSSR count). The third kappa shape index (κ3) is 28.7. The molecule has 12 amide bonds. The SMILES string of the molecule is CC(C)C[C@@H]1NC(=O)[C@H](CCCN)NC(=O)[C@H](C(C)C)NC(=O)[C@@H]2C[C@@H](NC(=O)[C@H](N)Cc3ccccc3)CN2C(=O)[C@@H](Cc2ccccc2)NC(=O)[C@H](CC(C)C)NC(=O)[C@H](CCCN)NC(=O)[C@H](C(C)C)NC(=O)[C@@H]2C[C@@H](NC(=O)[C@H](N)Cc3ccccc3)CN2C(=O)[C@@H](Cc2ccccc2)NC1=O.Cl.Cl.Cl.Cl. The zero-order valence-electron chi connectivity index (χ0n) is 64.0. The molecule has 0 bridgehead atoms. The van der Waals surface area contributed by atoms with Crippen molar-refractivity contribution in [3.63, 3.8) is 0 Å². The lowest BCUT2D eigenvalue weighted by Crippen LogP contribution is -2.62. The Morgan fingerprint density at radius 1 is 0.391 bits per heavy atom. The van der Waals surface area contributed by atoms with Gasteiger partial charge in [-0.15, -0.1) is 49.6 Å². The largest absolute Gasteiger partial charge is 0.350 e. The van der Waals surface area contributed by atoms with Gasteiger partial charge in [0, 0.05) is 38.0 Å². The van der Waals surface area contributed by atoms with Gasteiger partial charge in [0.1, 0.15) is 60.4 Å². The molecule has 0 spiro atoms. The van der Waals surface area contributed by atoms with Crippen LogP contribution in [0.1, 0.15) is 129 Å². The van der Waals surface area contributed by atoms with E-state index in [4.69, 9.17) is 22.9 Å². The minimum Gasteiger partial charge on any atom is -0.350 e. The van der Waals surface area contributed by atoms with Crippen LogP contribution < -0.4 is 76.1 Å². The number of carbonyl (C=O) groups is 12. The maximum atomic E-state index is 15.7. The van der Waals surface area contributed by atoms with E-state index >= 15 is 28.8 Å². The maximum absolute atomic E-state index is 15.7. The van der Waals surface area contributed by atoms with E-state index < -0.39 is 167 Å². The minimum atomic E-state index is -1.44. The average Bonchev–Trinajstić information content (AvgIpc) is 1.66. The molecular weight excluding hydrogens is 1490 g/mol. The van der Waals surface area contributed by atoms with Crippen LogP contribution in [-0.4, -0.2) is 191 Å². The van der Waals surface area contributed by atoms with Crippen molar-refractivity contribution in [2.45, 2.75) is 217 Å². The second-order valence-corrected chi connectivity index (χ2v) is 29.8. The normalized spacial score (nSPS) is 24.1. The van der Waals surface area contributed by atoms with Crippen LogP contribution in [0.25, 0.3) is 0 Å². The molecule has 28 nitrogen and oxygen atoms in total. The number of nitrogens with one attached hydrogen (secondary N) is 10. The first-order valence-electron chi connectivity index (χ1n) is 37.3. The summed E-state index contributed by atoms with van der Waals surface area (Å²) in [6.45, 7) is 13.6. The van der Waals surface area contributed by atoms with E-state index in [0.29, 0.717) is 11.1 Å². The molecule has 608 valence electrons. The van der Waals surface area contributed by atoms with Crippen LogP contribution in [0.5, 0.6) is 0 Å². The van der Waals surface area contributed by atoms with Gasteiger partial charge < -0.3 is 85.9 Å². The number of halogens is 4. The fourth-order valence-electron chi connectivity index (χ4n) is 13.7. The Balaban J connectivity index is 0.00000784. The summed E-state index contributed by atoms with van der Waals surface area (Å²) in [4.78, 5) is 182. The number of hydrogen-bond acceptors (Lipinski definition) is 16. The molecule has 4 aromatic carbocycles. The molecule has 3 saturated heterocycles. The molecule has 110 heavy (non-hydrogen) atoms. The second kappa shape index (κ2) is 47.0. The fraction of sp³-hybridized carbons (Fsp3) is 0.538. The van der Waals surface area contributed by atoms with Gasteiger partial charge in [0.25, 0.3) is 0 Å². The summed E-state index contributed by atoms with van der Waals surface area (Å²) < 4.78 is 0. The first kappa shape index (κ1) is 95.7. The number of benzene rings is 4. The van der Waals surface area contributed by atoms with Crippen molar-refractivity contribution in [2.75, 3.05) is 26.2 Å². The summed E-state index contributed by atoms with van der Waals surface area (Å²) in [7, 11) is 0. The van der Waals surface area contributed by atoms with Gasteiger partial charge in [-0.2, -0.15) is 0 Å². The molecule has 32 heteroatoms. The molecule has 0 radical (unpaired) electrons. The van der Waals surface area contributed by atoms with Gasteiger partial charge in [-0.1, -0.05) is 177 Å². The number of carbonyl (C=O) groups excluding carboxylic acids is 12. The van der Waals surface area contributed by atoms with Gasteiger partial charge in [-0.3, -0.25) is 57.5 Å². The second-order valence-electron chi connectivity index (χ2n) is 29.8. The standard InChI is InChI=1S/C78H112N16O12.4ClH/c1-45(2)35-59-71(99)89-61(39-51-27-17-11-18-28-51)77(105)93-43-53(83-67(95)55(81)37-49-23-13-9-14-24-49)41-63(93)73(101)92-66(48(7)8)76(104)86-58(32-22-34-80)70(98)88-60(36-46(3)4)72(100)90-62(40-52-29-19-12-20-30-52)78(106)94-44-54(84-68(96)56(82)38-50-25-15-10-16-26-50)42-64(94)74(102)91-65(47(5)6)75(103)85-57(31-21-33-79)69(97)87-59;;;;/h9-20,23-30,45-48,53-66H,21-22,31-44,79-82H2,1-8H3,(H,83,95)(H,84,96)(H,85,103)(H,86,104)(H,87,97)(H,88,98)(H,89,99)(H,90,100)(H,91,102)(H,92,101);4*1H/t53-,54-,55-,56-,57+,58+,59+,60+,61-,62-,63+,64+,65+,66+;;;;/m1..../s1. The van der Waals surface area contributed by atoms with E-state index in [1.54, 1.807) is 88.4 Å². The summed E-state index contributed by atoms with van der Waals surface area (Å²) in [5.41, 5.74) is 27.8. The van der Waals surface area contributed by atoms with Crippen LogP contribution >= 0.6 is 49.6 Å². The van der Waals surface area contributed by atoms with Crippen molar-refractivity contribution in [3.05, 3.63) is 144 Å². The quantitative estimate of drug-likeness (QED) is 0.0478. The number of nitrogens with zero attached hydrogens (tertiary/aromatic N) is 2. The Hall–Kier alpha value is -8.48. The van der Waals surface area contributed by atoms with E-state index in [0.717, 1.165) is 11.1 Å². The minimum absolute atomic E-state index is 0. The Bertz CT molecular complexity index is 3400. The lowest BCUT2D eigenvalue weighted by Gasteiger charge is -2.33. The van der Waals surface area contributed by atoms with E-state index in [9.17, 15) is 28.8 Å². The van der Waals surface area contributed by atoms with Crippen LogP contribution in [-0.2, 0) is 83.2 Å². The zero-order chi connectivity index (χ0) is 77.3. The van der Waals surface area contributed by atoms with Gasteiger partial charge >= 0.3 is 0 Å². The molecule has 3 heterocycles. The highest BCUT2D eigenvalue weighted by atomic mass is 35.5. The topological polar surface area (TPSA) is 436 Å². The fourth-order valence-corrected chi connectivity index (χ4v) is 13.7.